The Labute approximate surface area is 88.3 Å². The van der Waals surface area contributed by atoms with Crippen molar-refractivity contribution in [1.82, 2.24) is 4.98 Å². The van der Waals surface area contributed by atoms with Crippen LogP contribution in [0.15, 0.2) is 0 Å². The molecular weight excluding hydrogens is 234 g/mol. The van der Waals surface area contributed by atoms with E-state index in [-0.39, 0.29) is 10.0 Å². The van der Waals surface area contributed by atoms with Crippen LogP contribution in [0.2, 0.25) is 5.15 Å². The zero-order valence-electron chi connectivity index (χ0n) is 7.21. The van der Waals surface area contributed by atoms with E-state index < -0.39 is 13.0 Å². The second kappa shape index (κ2) is 4.65. The van der Waals surface area contributed by atoms with E-state index in [1.807, 2.05) is 0 Å². The predicted molar refractivity (Wildman–Crippen MR) is 51.8 cm³/mol. The number of carbonyl (C=O) groups excluding carboxylic acids is 1. The summed E-state index contributed by atoms with van der Waals surface area (Å²) < 4.78 is 24.0. The van der Waals surface area contributed by atoms with Gasteiger partial charge in [0.2, 0.25) is 0 Å². The lowest BCUT2D eigenvalue weighted by molar-refractivity contribution is 0.112. The number of carbonyl (C=O) groups is 1. The van der Waals surface area contributed by atoms with Gasteiger partial charge in [0.1, 0.15) is 4.88 Å². The van der Waals surface area contributed by atoms with Crippen molar-refractivity contribution in [3.8, 4) is 0 Å². The van der Waals surface area contributed by atoms with Crippen LogP contribution < -0.4 is 4.90 Å². The molecule has 0 aliphatic heterocycles. The molecule has 0 aromatic carbocycles. The first-order valence-corrected chi connectivity index (χ1v) is 4.85. The van der Waals surface area contributed by atoms with Crippen LogP contribution in [0.3, 0.4) is 0 Å². The lowest BCUT2D eigenvalue weighted by Crippen LogP contribution is -2.23. The molecule has 14 heavy (non-hydrogen) atoms. The number of thiazole rings is 1. The normalized spacial score (nSPS) is 10.6. The van der Waals surface area contributed by atoms with Gasteiger partial charge in [-0.3, -0.25) is 4.79 Å². The number of aromatic nitrogens is 1. The summed E-state index contributed by atoms with van der Waals surface area (Å²) in [5, 5.41) is 0.374. The van der Waals surface area contributed by atoms with Gasteiger partial charge >= 0.3 is 0 Å². The lowest BCUT2D eigenvalue weighted by atomic mass is 10.6. The van der Waals surface area contributed by atoms with Gasteiger partial charge in [-0.1, -0.05) is 22.9 Å². The quantitative estimate of drug-likeness (QED) is 0.758. The predicted octanol–water partition coefficient (Wildman–Crippen LogP) is 2.31. The van der Waals surface area contributed by atoms with E-state index in [1.165, 1.54) is 11.9 Å². The number of nitrogens with zero attached hydrogens (tertiary/aromatic N) is 2. The van der Waals surface area contributed by atoms with Crippen LogP contribution in [0, 0.1) is 0 Å². The highest BCUT2D eigenvalue weighted by atomic mass is 35.5. The van der Waals surface area contributed by atoms with Gasteiger partial charge in [0.05, 0.1) is 6.54 Å². The number of anilines is 1. The molecule has 0 aliphatic rings. The first kappa shape index (κ1) is 11.3. The smallest absolute Gasteiger partial charge is 0.255 e. The van der Waals surface area contributed by atoms with Crippen LogP contribution >= 0.6 is 22.9 Å². The van der Waals surface area contributed by atoms with Crippen molar-refractivity contribution in [2.45, 2.75) is 6.43 Å². The maximum atomic E-state index is 12.0. The number of hydrogen-bond acceptors (Lipinski definition) is 4. The second-order valence-electron chi connectivity index (χ2n) is 2.54. The summed E-state index contributed by atoms with van der Waals surface area (Å²) in [5.41, 5.74) is 0. The molecule has 78 valence electrons. The molecule has 0 amide bonds. The Bertz CT molecular complexity index is 331. The fourth-order valence-corrected chi connectivity index (χ4v) is 1.86. The molecule has 3 nitrogen and oxygen atoms in total. The number of hydrogen-bond donors (Lipinski definition) is 0. The Balaban J connectivity index is 2.80. The maximum absolute atomic E-state index is 12.0. The average Bonchev–Trinajstić information content (AvgIpc) is 2.45. The van der Waals surface area contributed by atoms with E-state index in [1.54, 1.807) is 0 Å². The Morgan fingerprint density at radius 3 is 2.79 bits per heavy atom. The minimum Gasteiger partial charge on any atom is -0.345 e. The molecule has 7 heteroatoms. The van der Waals surface area contributed by atoms with Gasteiger partial charge in [0.25, 0.3) is 6.43 Å². The minimum absolute atomic E-state index is 0.0566. The monoisotopic (exact) mass is 240 g/mol. The molecule has 0 aliphatic carbocycles. The first-order chi connectivity index (χ1) is 6.54. The Hall–Kier alpha value is -0.750. The van der Waals surface area contributed by atoms with Gasteiger partial charge in [-0.25, -0.2) is 13.8 Å². The molecule has 1 heterocycles. The zero-order chi connectivity index (χ0) is 10.7. The van der Waals surface area contributed by atoms with Crippen LogP contribution in [-0.4, -0.2) is 31.3 Å². The van der Waals surface area contributed by atoms with E-state index in [9.17, 15) is 13.6 Å². The molecule has 1 aromatic heterocycles. The van der Waals surface area contributed by atoms with Crippen LogP contribution in [0.5, 0.6) is 0 Å². The SMILES string of the molecule is CN(CC(F)F)c1nc(Cl)c(C=O)s1. The standard InChI is InChI=1S/C7H7ClF2N2OS/c1-12(2-5(9)10)7-11-6(8)4(3-13)14-7/h3,5H,2H2,1H3. The third-order valence-corrected chi connectivity index (χ3v) is 2.94. The summed E-state index contributed by atoms with van der Waals surface area (Å²) >= 11 is 6.57. The highest BCUT2D eigenvalue weighted by molar-refractivity contribution is 7.17. The van der Waals surface area contributed by atoms with Gasteiger partial charge in [-0.15, -0.1) is 0 Å². The third kappa shape index (κ3) is 2.62. The summed E-state index contributed by atoms with van der Waals surface area (Å²) in [6, 6.07) is 0. The van der Waals surface area contributed by atoms with Crippen molar-refractivity contribution in [3.63, 3.8) is 0 Å². The second-order valence-corrected chi connectivity index (χ2v) is 3.91. The number of aldehydes is 1. The molecule has 1 aromatic rings. The van der Waals surface area contributed by atoms with E-state index in [4.69, 9.17) is 11.6 Å². The van der Waals surface area contributed by atoms with Crippen molar-refractivity contribution in [2.24, 2.45) is 0 Å². The molecule has 0 unspecified atom stereocenters. The summed E-state index contributed by atoms with van der Waals surface area (Å²) in [7, 11) is 1.47. The molecule has 0 bridgehead atoms. The molecule has 0 saturated heterocycles. The molecule has 0 N–H and O–H groups in total. The Kier molecular flexibility index (Phi) is 3.77. The zero-order valence-corrected chi connectivity index (χ0v) is 8.78. The van der Waals surface area contributed by atoms with Crippen molar-refractivity contribution in [1.29, 1.82) is 0 Å². The van der Waals surface area contributed by atoms with E-state index in [2.05, 4.69) is 4.98 Å². The van der Waals surface area contributed by atoms with Crippen LogP contribution in [0.25, 0.3) is 0 Å². The van der Waals surface area contributed by atoms with Gasteiger partial charge in [0.15, 0.2) is 16.6 Å². The molecule has 0 spiro atoms. The lowest BCUT2D eigenvalue weighted by Gasteiger charge is -2.13. The third-order valence-electron chi connectivity index (χ3n) is 1.44. The van der Waals surface area contributed by atoms with E-state index in [0.717, 1.165) is 11.3 Å². The number of alkyl halides is 2. The van der Waals surface area contributed by atoms with Crippen LogP contribution in [-0.2, 0) is 0 Å². The van der Waals surface area contributed by atoms with Crippen molar-refractivity contribution in [3.05, 3.63) is 10.0 Å². The fourth-order valence-electron chi connectivity index (χ4n) is 0.823. The van der Waals surface area contributed by atoms with Crippen LogP contribution in [0.4, 0.5) is 13.9 Å². The summed E-state index contributed by atoms with van der Waals surface area (Å²) in [6.45, 7) is -0.428. The molecule has 0 fully saturated rings. The highest BCUT2D eigenvalue weighted by Gasteiger charge is 2.14. The highest BCUT2D eigenvalue weighted by Crippen LogP contribution is 2.27. The fraction of sp³-hybridized carbons (Fsp3) is 0.429. The van der Waals surface area contributed by atoms with Gasteiger partial charge < -0.3 is 4.90 Å². The maximum Gasteiger partial charge on any atom is 0.255 e. The Morgan fingerprint density at radius 2 is 2.36 bits per heavy atom. The van der Waals surface area contributed by atoms with Crippen molar-refractivity contribution in [2.75, 3.05) is 18.5 Å². The number of rotatable bonds is 4. The minimum atomic E-state index is -2.44. The molecule has 1 rings (SSSR count). The van der Waals surface area contributed by atoms with Crippen molar-refractivity contribution >= 4 is 34.4 Å². The molecule has 0 saturated carbocycles. The topological polar surface area (TPSA) is 33.2 Å². The van der Waals surface area contributed by atoms with E-state index in [0.29, 0.717) is 11.4 Å². The molecule has 0 radical (unpaired) electrons. The Morgan fingerprint density at radius 1 is 1.71 bits per heavy atom. The summed E-state index contributed by atoms with van der Waals surface area (Å²) in [5.74, 6) is 0. The van der Waals surface area contributed by atoms with Crippen molar-refractivity contribution < 1.29 is 13.6 Å². The largest absolute Gasteiger partial charge is 0.345 e. The number of halogens is 3. The van der Waals surface area contributed by atoms with Crippen LogP contribution in [0.1, 0.15) is 9.67 Å². The summed E-state index contributed by atoms with van der Waals surface area (Å²) in [4.78, 5) is 15.7. The van der Waals surface area contributed by atoms with Gasteiger partial charge in [-0.05, 0) is 0 Å². The molecule has 0 atom stereocenters. The molecular formula is C7H7ClF2N2OS. The van der Waals surface area contributed by atoms with Gasteiger partial charge in [-0.2, -0.15) is 0 Å². The average molecular weight is 241 g/mol. The van der Waals surface area contributed by atoms with Gasteiger partial charge in [0, 0.05) is 7.05 Å². The first-order valence-electron chi connectivity index (χ1n) is 3.65. The van der Waals surface area contributed by atoms with E-state index >= 15 is 0 Å². The summed E-state index contributed by atoms with van der Waals surface area (Å²) in [6.07, 6.45) is -1.89.